The minimum absolute atomic E-state index is 0.0712. The number of benzene rings is 2. The van der Waals surface area contributed by atoms with Crippen molar-refractivity contribution in [3.63, 3.8) is 0 Å². The Balaban J connectivity index is 2.13. The van der Waals surface area contributed by atoms with Gasteiger partial charge in [-0.2, -0.15) is 5.26 Å². The van der Waals surface area contributed by atoms with E-state index in [4.69, 9.17) is 28.5 Å². The van der Waals surface area contributed by atoms with Crippen molar-refractivity contribution in [2.75, 3.05) is 0 Å². The number of hydrogen-bond acceptors (Lipinski definition) is 2. The second-order valence-corrected chi connectivity index (χ2v) is 5.77. The number of nitriles is 1. The lowest BCUT2D eigenvalue weighted by molar-refractivity contribution is 0.495. The summed E-state index contributed by atoms with van der Waals surface area (Å²) in [5, 5.41) is 13.5. The van der Waals surface area contributed by atoms with Gasteiger partial charge >= 0.3 is 0 Å². The van der Waals surface area contributed by atoms with Crippen LogP contribution in [0.25, 0.3) is 0 Å². The maximum atomic E-state index is 8.82. The van der Waals surface area contributed by atoms with Crippen LogP contribution < -0.4 is 5.32 Å². The van der Waals surface area contributed by atoms with Crippen LogP contribution in [-0.2, 0) is 0 Å². The van der Waals surface area contributed by atoms with Crippen LogP contribution in [0.5, 0.6) is 0 Å². The molecule has 0 aliphatic carbocycles. The highest BCUT2D eigenvalue weighted by molar-refractivity contribution is 6.42. The van der Waals surface area contributed by atoms with E-state index in [1.54, 1.807) is 6.07 Å². The zero-order chi connectivity index (χ0) is 15.4. The molecule has 0 bridgehead atoms. The van der Waals surface area contributed by atoms with Gasteiger partial charge in [0.15, 0.2) is 0 Å². The zero-order valence-electron chi connectivity index (χ0n) is 11.9. The average molecular weight is 319 g/mol. The van der Waals surface area contributed by atoms with E-state index in [1.807, 2.05) is 36.4 Å². The Morgan fingerprint density at radius 1 is 1.00 bits per heavy atom. The van der Waals surface area contributed by atoms with E-state index in [9.17, 15) is 0 Å². The Hall–Kier alpha value is -1.53. The van der Waals surface area contributed by atoms with Crippen molar-refractivity contribution in [3.05, 3.63) is 69.2 Å². The van der Waals surface area contributed by atoms with Crippen molar-refractivity contribution in [1.29, 1.82) is 5.26 Å². The van der Waals surface area contributed by atoms with E-state index in [2.05, 4.69) is 25.2 Å². The molecule has 4 heteroatoms. The lowest BCUT2D eigenvalue weighted by Gasteiger charge is -2.22. The smallest absolute Gasteiger partial charge is 0.0991 e. The van der Waals surface area contributed by atoms with Crippen LogP contribution in [0.3, 0.4) is 0 Å². The minimum Gasteiger partial charge on any atom is -0.304 e. The predicted octanol–water partition coefficient (Wildman–Crippen LogP) is 5.28. The Bertz CT molecular complexity index is 659. The molecule has 0 aliphatic heterocycles. The molecule has 0 saturated heterocycles. The standard InChI is InChI=1S/C17H16Cl2N2/c1-11(14-8-6-13(10-20)7-9-14)21-12(2)15-4-3-5-16(18)17(15)19/h3-9,11-12,21H,1-2H3. The predicted molar refractivity (Wildman–Crippen MR) is 87.6 cm³/mol. The third-order valence-corrected chi connectivity index (χ3v) is 4.32. The van der Waals surface area contributed by atoms with Gasteiger partial charge in [0.1, 0.15) is 0 Å². The Labute approximate surface area is 135 Å². The molecule has 2 aromatic carbocycles. The van der Waals surface area contributed by atoms with Gasteiger partial charge in [-0.25, -0.2) is 0 Å². The van der Waals surface area contributed by atoms with Crippen LogP contribution in [0.4, 0.5) is 0 Å². The summed E-state index contributed by atoms with van der Waals surface area (Å²) in [5.74, 6) is 0. The normalized spacial score (nSPS) is 13.5. The highest BCUT2D eigenvalue weighted by atomic mass is 35.5. The molecule has 1 N–H and O–H groups in total. The van der Waals surface area contributed by atoms with Crippen molar-refractivity contribution in [3.8, 4) is 6.07 Å². The van der Waals surface area contributed by atoms with Gasteiger partial charge < -0.3 is 5.32 Å². The second-order valence-electron chi connectivity index (χ2n) is 4.99. The van der Waals surface area contributed by atoms with Crippen LogP contribution in [0, 0.1) is 11.3 Å². The first kappa shape index (κ1) is 15.9. The van der Waals surface area contributed by atoms with Gasteiger partial charge in [-0.15, -0.1) is 0 Å². The molecule has 2 atom stereocenters. The molecule has 0 radical (unpaired) electrons. The number of hydrogen-bond donors (Lipinski definition) is 1. The summed E-state index contributed by atoms with van der Waals surface area (Å²) in [7, 11) is 0. The highest BCUT2D eigenvalue weighted by Gasteiger charge is 2.15. The largest absolute Gasteiger partial charge is 0.304 e. The van der Waals surface area contributed by atoms with E-state index in [-0.39, 0.29) is 12.1 Å². The molecule has 2 unspecified atom stereocenters. The summed E-state index contributed by atoms with van der Waals surface area (Å²) in [5.41, 5.74) is 2.76. The Morgan fingerprint density at radius 2 is 1.67 bits per heavy atom. The van der Waals surface area contributed by atoms with E-state index in [0.717, 1.165) is 11.1 Å². The molecule has 0 fully saturated rings. The lowest BCUT2D eigenvalue weighted by Crippen LogP contribution is -2.22. The first-order valence-corrected chi connectivity index (χ1v) is 7.48. The maximum absolute atomic E-state index is 8.82. The number of nitrogens with zero attached hydrogens (tertiary/aromatic N) is 1. The van der Waals surface area contributed by atoms with Crippen molar-refractivity contribution < 1.29 is 0 Å². The van der Waals surface area contributed by atoms with Gasteiger partial charge in [0.2, 0.25) is 0 Å². The summed E-state index contributed by atoms with van der Waals surface area (Å²) < 4.78 is 0. The van der Waals surface area contributed by atoms with E-state index in [0.29, 0.717) is 15.6 Å². The summed E-state index contributed by atoms with van der Waals surface area (Å²) >= 11 is 12.3. The number of nitrogens with one attached hydrogen (secondary N) is 1. The molecule has 0 heterocycles. The van der Waals surface area contributed by atoms with Crippen molar-refractivity contribution in [2.24, 2.45) is 0 Å². The molecule has 2 nitrogen and oxygen atoms in total. The van der Waals surface area contributed by atoms with Crippen LogP contribution in [0.2, 0.25) is 10.0 Å². The van der Waals surface area contributed by atoms with Gasteiger partial charge in [0.05, 0.1) is 21.7 Å². The molecule has 21 heavy (non-hydrogen) atoms. The Kier molecular flexibility index (Phi) is 5.25. The highest BCUT2D eigenvalue weighted by Crippen LogP contribution is 2.31. The summed E-state index contributed by atoms with van der Waals surface area (Å²) in [6.07, 6.45) is 0. The molecule has 0 amide bonds. The lowest BCUT2D eigenvalue weighted by atomic mass is 10.0. The van der Waals surface area contributed by atoms with Gasteiger partial charge in [-0.05, 0) is 43.2 Å². The topological polar surface area (TPSA) is 35.8 Å². The van der Waals surface area contributed by atoms with Crippen LogP contribution in [0.1, 0.15) is 42.6 Å². The molecule has 2 rings (SSSR count). The summed E-state index contributed by atoms with van der Waals surface area (Å²) in [6, 6.07) is 15.6. The first-order valence-electron chi connectivity index (χ1n) is 6.73. The van der Waals surface area contributed by atoms with Gasteiger partial charge in [0, 0.05) is 12.1 Å². The second kappa shape index (κ2) is 6.95. The average Bonchev–Trinajstić information content (AvgIpc) is 2.50. The minimum atomic E-state index is 0.0712. The fourth-order valence-electron chi connectivity index (χ4n) is 2.26. The van der Waals surface area contributed by atoms with Crippen LogP contribution >= 0.6 is 23.2 Å². The third kappa shape index (κ3) is 3.77. The molecule has 0 aliphatic rings. The molecular weight excluding hydrogens is 303 g/mol. The van der Waals surface area contributed by atoms with E-state index >= 15 is 0 Å². The summed E-state index contributed by atoms with van der Waals surface area (Å²) in [4.78, 5) is 0. The number of halogens is 2. The SMILES string of the molecule is CC(NC(C)c1cccc(Cl)c1Cl)c1ccc(C#N)cc1. The van der Waals surface area contributed by atoms with Crippen LogP contribution in [0.15, 0.2) is 42.5 Å². The molecule has 108 valence electrons. The molecule has 2 aromatic rings. The molecular formula is C17H16Cl2N2. The summed E-state index contributed by atoms with van der Waals surface area (Å²) in [6.45, 7) is 4.13. The third-order valence-electron chi connectivity index (χ3n) is 3.49. The van der Waals surface area contributed by atoms with Crippen LogP contribution in [-0.4, -0.2) is 0 Å². The monoisotopic (exact) mass is 318 g/mol. The Morgan fingerprint density at radius 3 is 2.29 bits per heavy atom. The van der Waals surface area contributed by atoms with E-state index < -0.39 is 0 Å². The molecule has 0 spiro atoms. The van der Waals surface area contributed by atoms with Crippen molar-refractivity contribution in [1.82, 2.24) is 5.32 Å². The first-order chi connectivity index (χ1) is 10.0. The van der Waals surface area contributed by atoms with Gasteiger partial charge in [-0.1, -0.05) is 47.5 Å². The molecule has 0 saturated carbocycles. The molecule has 0 aromatic heterocycles. The van der Waals surface area contributed by atoms with Crippen molar-refractivity contribution >= 4 is 23.2 Å². The number of rotatable bonds is 4. The fourth-order valence-corrected chi connectivity index (χ4v) is 2.73. The van der Waals surface area contributed by atoms with E-state index in [1.165, 1.54) is 0 Å². The quantitative estimate of drug-likeness (QED) is 0.832. The fraction of sp³-hybridized carbons (Fsp3) is 0.235. The van der Waals surface area contributed by atoms with Gasteiger partial charge in [-0.3, -0.25) is 0 Å². The van der Waals surface area contributed by atoms with Crippen molar-refractivity contribution in [2.45, 2.75) is 25.9 Å². The van der Waals surface area contributed by atoms with Gasteiger partial charge in [0.25, 0.3) is 0 Å². The zero-order valence-corrected chi connectivity index (χ0v) is 13.4. The maximum Gasteiger partial charge on any atom is 0.0991 e.